The smallest absolute Gasteiger partial charge is 0.0916 e. The molecule has 2 aromatic rings. The molecule has 1 unspecified atom stereocenters. The largest absolute Gasteiger partial charge is 0.499 e. The van der Waals surface area contributed by atoms with Crippen LogP contribution in [0.2, 0.25) is 0 Å². The molecule has 0 aromatic heterocycles. The molecule has 2 heteroatoms. The Morgan fingerprint density at radius 3 is 2.26 bits per heavy atom. The van der Waals surface area contributed by atoms with Gasteiger partial charge in [0.1, 0.15) is 0 Å². The number of benzene rings is 2. The summed E-state index contributed by atoms with van der Waals surface area (Å²) in [5, 5.41) is 0. The van der Waals surface area contributed by atoms with E-state index in [9.17, 15) is 0 Å². The Bertz CT molecular complexity index is 603. The van der Waals surface area contributed by atoms with E-state index in [0.717, 1.165) is 18.6 Å². The highest BCUT2D eigenvalue weighted by molar-refractivity contribution is 5.63. The third kappa shape index (κ3) is 5.26. The van der Waals surface area contributed by atoms with Gasteiger partial charge in [0.05, 0.1) is 12.4 Å². The van der Waals surface area contributed by atoms with Crippen molar-refractivity contribution in [2.75, 3.05) is 6.61 Å². The summed E-state index contributed by atoms with van der Waals surface area (Å²) in [6.07, 6.45) is 1.76. The zero-order chi connectivity index (χ0) is 16.7. The van der Waals surface area contributed by atoms with Crippen LogP contribution in [0.3, 0.4) is 0 Å². The van der Waals surface area contributed by atoms with Gasteiger partial charge in [0.25, 0.3) is 0 Å². The van der Waals surface area contributed by atoms with E-state index in [-0.39, 0.29) is 12.0 Å². The Kier molecular flexibility index (Phi) is 6.42. The summed E-state index contributed by atoms with van der Waals surface area (Å²) in [4.78, 5) is 0. The number of nitrogens with two attached hydrogens (primary N) is 1. The van der Waals surface area contributed by atoms with Crippen molar-refractivity contribution >= 4 is 0 Å². The van der Waals surface area contributed by atoms with Crippen LogP contribution in [0.15, 0.2) is 66.9 Å². The maximum atomic E-state index is 6.29. The number of ether oxygens (including phenoxy) is 1. The second kappa shape index (κ2) is 8.54. The van der Waals surface area contributed by atoms with Crippen LogP contribution in [0.25, 0.3) is 11.1 Å². The Morgan fingerprint density at radius 2 is 1.65 bits per heavy atom. The molecule has 0 amide bonds. The van der Waals surface area contributed by atoms with Gasteiger partial charge >= 0.3 is 0 Å². The van der Waals surface area contributed by atoms with E-state index in [1.54, 1.807) is 0 Å². The fourth-order valence-electron chi connectivity index (χ4n) is 2.76. The summed E-state index contributed by atoms with van der Waals surface area (Å²) >= 11 is 0. The van der Waals surface area contributed by atoms with E-state index in [1.807, 2.05) is 13.0 Å². The summed E-state index contributed by atoms with van der Waals surface area (Å²) in [7, 11) is 0. The fraction of sp³-hybridized carbons (Fsp3) is 0.333. The molecule has 122 valence electrons. The van der Waals surface area contributed by atoms with Gasteiger partial charge in [-0.25, -0.2) is 0 Å². The molecule has 2 aromatic carbocycles. The van der Waals surface area contributed by atoms with Gasteiger partial charge in [0.2, 0.25) is 0 Å². The molecule has 23 heavy (non-hydrogen) atoms. The monoisotopic (exact) mass is 309 g/mol. The zero-order valence-corrected chi connectivity index (χ0v) is 14.2. The normalized spacial score (nSPS) is 13.3. The first-order valence-corrected chi connectivity index (χ1v) is 8.31. The van der Waals surface area contributed by atoms with Gasteiger partial charge < -0.3 is 10.5 Å². The molecule has 2 nitrogen and oxygen atoms in total. The maximum absolute atomic E-state index is 6.29. The second-order valence-electron chi connectivity index (χ2n) is 6.06. The molecule has 0 fully saturated rings. The van der Waals surface area contributed by atoms with Gasteiger partial charge in [0, 0.05) is 12.0 Å². The van der Waals surface area contributed by atoms with Crippen molar-refractivity contribution in [3.8, 4) is 11.1 Å². The Labute approximate surface area is 140 Å². The van der Waals surface area contributed by atoms with Gasteiger partial charge in [-0.05, 0) is 36.5 Å². The topological polar surface area (TPSA) is 35.2 Å². The number of hydrogen-bond donors (Lipinski definition) is 1. The summed E-state index contributed by atoms with van der Waals surface area (Å²) in [5.74, 6) is 1.12. The van der Waals surface area contributed by atoms with Crippen LogP contribution >= 0.6 is 0 Å². The van der Waals surface area contributed by atoms with Crippen molar-refractivity contribution in [3.05, 3.63) is 72.5 Å². The SMILES string of the molecule is C=C(OCC)[C@H](C)CC(N)Cc1ccc(-c2ccccc2)cc1. The molecule has 0 heterocycles. The molecule has 0 bridgehead atoms. The van der Waals surface area contributed by atoms with E-state index in [1.165, 1.54) is 16.7 Å². The highest BCUT2D eigenvalue weighted by atomic mass is 16.5. The predicted octanol–water partition coefficient (Wildman–Crippen LogP) is 4.80. The van der Waals surface area contributed by atoms with Crippen molar-refractivity contribution in [2.24, 2.45) is 11.7 Å². The molecule has 2 rings (SSSR count). The van der Waals surface area contributed by atoms with Crippen LogP contribution in [-0.2, 0) is 11.2 Å². The summed E-state index contributed by atoms with van der Waals surface area (Å²) in [5.41, 5.74) is 10.0. The fourth-order valence-corrected chi connectivity index (χ4v) is 2.76. The minimum Gasteiger partial charge on any atom is -0.499 e. The molecule has 0 spiro atoms. The minimum atomic E-state index is 0.116. The van der Waals surface area contributed by atoms with Crippen molar-refractivity contribution in [3.63, 3.8) is 0 Å². The lowest BCUT2D eigenvalue weighted by Gasteiger charge is -2.19. The molecule has 0 aliphatic rings. The third-order valence-corrected chi connectivity index (χ3v) is 4.09. The van der Waals surface area contributed by atoms with Crippen LogP contribution in [0.5, 0.6) is 0 Å². The highest BCUT2D eigenvalue weighted by Crippen LogP contribution is 2.21. The average Bonchev–Trinajstić information content (AvgIpc) is 2.56. The van der Waals surface area contributed by atoms with Crippen LogP contribution in [-0.4, -0.2) is 12.6 Å². The Balaban J connectivity index is 1.92. The lowest BCUT2D eigenvalue weighted by molar-refractivity contribution is 0.190. The average molecular weight is 309 g/mol. The molecule has 0 saturated carbocycles. The van der Waals surface area contributed by atoms with E-state index >= 15 is 0 Å². The number of allylic oxidation sites excluding steroid dienone is 1. The summed E-state index contributed by atoms with van der Waals surface area (Å²) in [6, 6.07) is 19.2. The van der Waals surface area contributed by atoms with Gasteiger partial charge in [-0.15, -0.1) is 0 Å². The number of hydrogen-bond acceptors (Lipinski definition) is 2. The van der Waals surface area contributed by atoms with Crippen LogP contribution in [0.4, 0.5) is 0 Å². The van der Waals surface area contributed by atoms with Gasteiger partial charge in [-0.3, -0.25) is 0 Å². The quantitative estimate of drug-likeness (QED) is 0.711. The molecule has 2 N–H and O–H groups in total. The van der Waals surface area contributed by atoms with Crippen molar-refractivity contribution in [2.45, 2.75) is 32.7 Å². The Morgan fingerprint density at radius 1 is 1.04 bits per heavy atom. The van der Waals surface area contributed by atoms with Crippen LogP contribution in [0, 0.1) is 5.92 Å². The Hall–Kier alpha value is -2.06. The first-order chi connectivity index (χ1) is 11.1. The summed E-state index contributed by atoms with van der Waals surface area (Å²) in [6.45, 7) is 8.74. The highest BCUT2D eigenvalue weighted by Gasteiger charge is 2.13. The van der Waals surface area contributed by atoms with Crippen molar-refractivity contribution in [1.82, 2.24) is 0 Å². The van der Waals surface area contributed by atoms with Gasteiger partial charge in [-0.1, -0.05) is 68.1 Å². The van der Waals surface area contributed by atoms with E-state index in [2.05, 4.69) is 62.0 Å². The molecule has 0 saturated heterocycles. The van der Waals surface area contributed by atoms with E-state index in [0.29, 0.717) is 6.61 Å². The molecule has 0 radical (unpaired) electrons. The van der Waals surface area contributed by atoms with Gasteiger partial charge in [0.15, 0.2) is 0 Å². The first kappa shape index (κ1) is 17.3. The molecule has 0 aliphatic heterocycles. The van der Waals surface area contributed by atoms with Crippen molar-refractivity contribution in [1.29, 1.82) is 0 Å². The van der Waals surface area contributed by atoms with Crippen LogP contribution in [0.1, 0.15) is 25.8 Å². The van der Waals surface area contributed by atoms with Gasteiger partial charge in [-0.2, -0.15) is 0 Å². The lowest BCUT2D eigenvalue weighted by atomic mass is 9.95. The summed E-state index contributed by atoms with van der Waals surface area (Å²) < 4.78 is 5.47. The maximum Gasteiger partial charge on any atom is 0.0916 e. The van der Waals surface area contributed by atoms with E-state index < -0.39 is 0 Å². The second-order valence-corrected chi connectivity index (χ2v) is 6.06. The van der Waals surface area contributed by atoms with Crippen molar-refractivity contribution < 1.29 is 4.74 Å². The van der Waals surface area contributed by atoms with Crippen LogP contribution < -0.4 is 5.73 Å². The standard InChI is InChI=1S/C21H27NO/c1-4-23-17(3)16(2)14-21(22)15-18-10-12-20(13-11-18)19-8-6-5-7-9-19/h5-13,16,21H,3-4,14-15,22H2,1-2H3/t16-,21?/m1/s1. The molecular formula is C21H27NO. The first-order valence-electron chi connectivity index (χ1n) is 8.31. The lowest BCUT2D eigenvalue weighted by Crippen LogP contribution is -2.26. The predicted molar refractivity (Wildman–Crippen MR) is 98.1 cm³/mol. The number of rotatable bonds is 8. The molecular weight excluding hydrogens is 282 g/mol. The minimum absolute atomic E-state index is 0.116. The molecule has 2 atom stereocenters. The zero-order valence-electron chi connectivity index (χ0n) is 14.2. The third-order valence-electron chi connectivity index (χ3n) is 4.09. The van der Waals surface area contributed by atoms with E-state index in [4.69, 9.17) is 10.5 Å². The molecule has 0 aliphatic carbocycles.